The number of nitrogens with one attached hydrogen (secondary N) is 1. The summed E-state index contributed by atoms with van der Waals surface area (Å²) in [7, 11) is 1.59. The molecule has 0 spiro atoms. The molecule has 0 saturated carbocycles. The molecule has 32 heavy (non-hydrogen) atoms. The molecule has 0 radical (unpaired) electrons. The monoisotopic (exact) mass is 436 g/mol. The number of aryl methyl sites for hydroxylation is 1. The largest absolute Gasteiger partial charge is 0.497 e. The molecule has 2 aromatic carbocycles. The summed E-state index contributed by atoms with van der Waals surface area (Å²) in [6.07, 6.45) is 1.24. The van der Waals surface area contributed by atoms with Gasteiger partial charge in [-0.25, -0.2) is 0 Å². The first kappa shape index (κ1) is 23.5. The number of amides is 2. The third kappa shape index (κ3) is 5.55. The number of ketones is 1. The first-order valence-corrected chi connectivity index (χ1v) is 11.1. The van der Waals surface area contributed by atoms with Gasteiger partial charge in [0.05, 0.1) is 7.11 Å². The number of likely N-dealkylation sites (tertiary alicyclic amines) is 1. The highest BCUT2D eigenvalue weighted by atomic mass is 16.5. The lowest BCUT2D eigenvalue weighted by atomic mass is 9.88. The van der Waals surface area contributed by atoms with Gasteiger partial charge in [-0.2, -0.15) is 0 Å². The van der Waals surface area contributed by atoms with E-state index in [1.807, 2.05) is 32.9 Å². The van der Waals surface area contributed by atoms with E-state index in [-0.39, 0.29) is 29.4 Å². The Morgan fingerprint density at radius 3 is 2.03 bits per heavy atom. The molecule has 0 unspecified atom stereocenters. The second kappa shape index (κ2) is 10.4. The molecule has 170 valence electrons. The molecule has 2 amide bonds. The van der Waals surface area contributed by atoms with Crippen LogP contribution in [0.4, 0.5) is 0 Å². The van der Waals surface area contributed by atoms with Crippen LogP contribution >= 0.6 is 0 Å². The fourth-order valence-electron chi connectivity index (χ4n) is 3.99. The average molecular weight is 437 g/mol. The number of nitrogens with zero attached hydrogens (tertiary/aromatic N) is 1. The molecule has 1 N–H and O–H groups in total. The minimum atomic E-state index is -0.599. The van der Waals surface area contributed by atoms with Gasteiger partial charge in [0.2, 0.25) is 5.91 Å². The highest BCUT2D eigenvalue weighted by Crippen LogP contribution is 2.24. The number of ether oxygens (including phenoxy) is 1. The predicted octanol–water partition coefficient (Wildman–Crippen LogP) is 3.88. The van der Waals surface area contributed by atoms with E-state index >= 15 is 0 Å². The third-order valence-electron chi connectivity index (χ3n) is 6.09. The Hall–Kier alpha value is -3.15. The zero-order valence-corrected chi connectivity index (χ0v) is 19.3. The summed E-state index contributed by atoms with van der Waals surface area (Å²) < 4.78 is 5.15. The molecule has 1 aliphatic heterocycles. The molecule has 0 bridgehead atoms. The van der Waals surface area contributed by atoms with Crippen LogP contribution in [-0.2, 0) is 4.79 Å². The van der Waals surface area contributed by atoms with Crippen molar-refractivity contribution < 1.29 is 19.1 Å². The van der Waals surface area contributed by atoms with E-state index in [9.17, 15) is 14.4 Å². The summed E-state index contributed by atoms with van der Waals surface area (Å²) in [5.41, 5.74) is 2.28. The van der Waals surface area contributed by atoms with Gasteiger partial charge < -0.3 is 15.0 Å². The van der Waals surface area contributed by atoms with Crippen LogP contribution in [0.3, 0.4) is 0 Å². The van der Waals surface area contributed by atoms with Crippen LogP contribution < -0.4 is 10.1 Å². The Morgan fingerprint density at radius 2 is 1.50 bits per heavy atom. The van der Waals surface area contributed by atoms with Gasteiger partial charge in [-0.05, 0) is 62.1 Å². The van der Waals surface area contributed by atoms with E-state index in [2.05, 4.69) is 5.32 Å². The molecule has 1 atom stereocenters. The second-order valence-electron chi connectivity index (χ2n) is 8.75. The molecule has 6 heteroatoms. The molecular formula is C26H32N2O4. The fourth-order valence-corrected chi connectivity index (χ4v) is 3.99. The smallest absolute Gasteiger partial charge is 0.251 e. The quantitative estimate of drug-likeness (QED) is 0.669. The number of hydrogen-bond donors (Lipinski definition) is 1. The van der Waals surface area contributed by atoms with Crippen molar-refractivity contribution in [2.45, 2.75) is 39.7 Å². The van der Waals surface area contributed by atoms with Gasteiger partial charge in [-0.15, -0.1) is 0 Å². The number of piperidine rings is 1. The molecule has 3 rings (SSSR count). The molecular weight excluding hydrogens is 404 g/mol. The lowest BCUT2D eigenvalue weighted by Crippen LogP contribution is -2.53. The number of carbonyl (C=O) groups excluding carboxylic acids is 3. The van der Waals surface area contributed by atoms with Gasteiger partial charge in [0.15, 0.2) is 5.78 Å². The molecule has 1 aliphatic rings. The van der Waals surface area contributed by atoms with E-state index in [1.165, 1.54) is 0 Å². The van der Waals surface area contributed by atoms with Crippen LogP contribution in [0.1, 0.15) is 53.0 Å². The van der Waals surface area contributed by atoms with E-state index in [0.29, 0.717) is 37.1 Å². The summed E-state index contributed by atoms with van der Waals surface area (Å²) >= 11 is 0. The zero-order valence-electron chi connectivity index (χ0n) is 19.3. The maximum absolute atomic E-state index is 13.2. The predicted molar refractivity (Wildman–Crippen MR) is 124 cm³/mol. The molecule has 2 aromatic rings. The fraction of sp³-hybridized carbons (Fsp3) is 0.423. The van der Waals surface area contributed by atoms with Crippen LogP contribution in [-0.4, -0.2) is 48.7 Å². The SMILES string of the molecule is COc1ccc(C(=O)C2CCN(C(=O)[C@H](NC(=O)c3ccc(C)cc3)C(C)C)CC2)cc1. The van der Waals surface area contributed by atoms with Gasteiger partial charge >= 0.3 is 0 Å². The van der Waals surface area contributed by atoms with Gasteiger partial charge in [0.1, 0.15) is 11.8 Å². The number of methoxy groups -OCH3 is 1. The Morgan fingerprint density at radius 1 is 0.938 bits per heavy atom. The van der Waals surface area contributed by atoms with Gasteiger partial charge in [-0.3, -0.25) is 14.4 Å². The Kier molecular flexibility index (Phi) is 7.67. The van der Waals surface area contributed by atoms with Crippen LogP contribution in [0.5, 0.6) is 5.75 Å². The number of carbonyl (C=O) groups is 3. The van der Waals surface area contributed by atoms with Gasteiger partial charge in [-0.1, -0.05) is 31.5 Å². The van der Waals surface area contributed by atoms with Crippen LogP contribution in [0.15, 0.2) is 48.5 Å². The summed E-state index contributed by atoms with van der Waals surface area (Å²) in [5.74, 6) is 0.335. The zero-order chi connectivity index (χ0) is 23.3. The lowest BCUT2D eigenvalue weighted by Gasteiger charge is -2.35. The normalized spacial score (nSPS) is 15.3. The van der Waals surface area contributed by atoms with E-state index < -0.39 is 6.04 Å². The van der Waals surface area contributed by atoms with Crippen molar-refractivity contribution in [1.29, 1.82) is 0 Å². The maximum atomic E-state index is 13.2. The first-order valence-electron chi connectivity index (χ1n) is 11.1. The number of Topliss-reactive ketones (excluding diaryl/α,β-unsaturated/α-hetero) is 1. The van der Waals surface area contributed by atoms with Crippen molar-refractivity contribution in [2.24, 2.45) is 11.8 Å². The number of hydrogen-bond acceptors (Lipinski definition) is 4. The van der Waals surface area contributed by atoms with Crippen LogP contribution in [0, 0.1) is 18.8 Å². The van der Waals surface area contributed by atoms with Crippen molar-refractivity contribution in [3.8, 4) is 5.75 Å². The number of rotatable bonds is 7. The molecule has 1 heterocycles. The van der Waals surface area contributed by atoms with Crippen molar-refractivity contribution in [3.63, 3.8) is 0 Å². The topological polar surface area (TPSA) is 75.7 Å². The molecule has 0 aromatic heterocycles. The standard InChI is InChI=1S/C26H32N2O4/c1-17(2)23(27-25(30)21-7-5-18(3)6-8-21)26(31)28-15-13-20(14-16-28)24(29)19-9-11-22(32-4)12-10-19/h5-12,17,20,23H,13-16H2,1-4H3,(H,27,30)/t23-/m1/s1. The molecule has 0 aliphatic carbocycles. The Bertz CT molecular complexity index is 943. The van der Waals surface area contributed by atoms with E-state index in [4.69, 9.17) is 4.74 Å². The first-order chi connectivity index (χ1) is 15.3. The van der Waals surface area contributed by atoms with Crippen molar-refractivity contribution in [1.82, 2.24) is 10.2 Å². The molecule has 1 saturated heterocycles. The van der Waals surface area contributed by atoms with Crippen molar-refractivity contribution in [2.75, 3.05) is 20.2 Å². The Labute approximate surface area is 189 Å². The minimum Gasteiger partial charge on any atom is -0.497 e. The van der Waals surface area contributed by atoms with Crippen molar-refractivity contribution >= 4 is 17.6 Å². The van der Waals surface area contributed by atoms with E-state index in [0.717, 1.165) is 11.3 Å². The summed E-state index contributed by atoms with van der Waals surface area (Å²) in [6.45, 7) is 6.84. The number of benzene rings is 2. The van der Waals surface area contributed by atoms with Crippen LogP contribution in [0.25, 0.3) is 0 Å². The summed E-state index contributed by atoms with van der Waals surface area (Å²) in [5, 5.41) is 2.91. The second-order valence-corrected chi connectivity index (χ2v) is 8.75. The van der Waals surface area contributed by atoms with Gasteiger partial charge in [0.25, 0.3) is 5.91 Å². The van der Waals surface area contributed by atoms with Crippen LogP contribution in [0.2, 0.25) is 0 Å². The summed E-state index contributed by atoms with van der Waals surface area (Å²) in [6, 6.07) is 13.8. The van der Waals surface area contributed by atoms with Crippen molar-refractivity contribution in [3.05, 3.63) is 65.2 Å². The lowest BCUT2D eigenvalue weighted by molar-refractivity contribution is -0.135. The highest BCUT2D eigenvalue weighted by Gasteiger charge is 2.33. The maximum Gasteiger partial charge on any atom is 0.251 e. The third-order valence-corrected chi connectivity index (χ3v) is 6.09. The summed E-state index contributed by atoms with van der Waals surface area (Å²) in [4.78, 5) is 40.5. The average Bonchev–Trinajstić information content (AvgIpc) is 2.82. The van der Waals surface area contributed by atoms with E-state index in [1.54, 1.807) is 48.4 Å². The molecule has 1 fully saturated rings. The highest BCUT2D eigenvalue weighted by molar-refractivity contribution is 5.99. The minimum absolute atomic E-state index is 0.0458. The Balaban J connectivity index is 1.59. The van der Waals surface area contributed by atoms with Gasteiger partial charge in [0, 0.05) is 30.1 Å². The molecule has 6 nitrogen and oxygen atoms in total.